The van der Waals surface area contributed by atoms with Crippen LogP contribution >= 0.6 is 15.9 Å². The highest BCUT2D eigenvalue weighted by Crippen LogP contribution is 2.24. The highest BCUT2D eigenvalue weighted by molar-refractivity contribution is 9.10. The fourth-order valence-corrected chi connectivity index (χ4v) is 2.39. The van der Waals surface area contributed by atoms with Gasteiger partial charge >= 0.3 is 0 Å². The molecule has 1 aromatic heterocycles. The van der Waals surface area contributed by atoms with Gasteiger partial charge in [-0.2, -0.15) is 0 Å². The molecular weight excluding hydrogens is 285 g/mol. The molecule has 0 aliphatic carbocycles. The van der Waals surface area contributed by atoms with Gasteiger partial charge in [-0.1, -0.05) is 0 Å². The van der Waals surface area contributed by atoms with Crippen LogP contribution in [0.3, 0.4) is 0 Å². The molecule has 0 atom stereocenters. The van der Waals surface area contributed by atoms with Gasteiger partial charge in [0.25, 0.3) is 0 Å². The van der Waals surface area contributed by atoms with Crippen LogP contribution in [-0.2, 0) is 10.0 Å². The van der Waals surface area contributed by atoms with Gasteiger partial charge in [0.1, 0.15) is 5.82 Å². The predicted molar refractivity (Wildman–Crippen MR) is 58.7 cm³/mol. The summed E-state index contributed by atoms with van der Waals surface area (Å²) in [6.07, 6.45) is 2.36. The molecular formula is C9H6BrFNO2S. The lowest BCUT2D eigenvalue weighted by Gasteiger charge is -2.02. The van der Waals surface area contributed by atoms with Crippen molar-refractivity contribution in [2.24, 2.45) is 0 Å². The quantitative estimate of drug-likeness (QED) is 0.807. The van der Waals surface area contributed by atoms with Crippen LogP contribution in [0.1, 0.15) is 0 Å². The number of benzene rings is 1. The number of rotatable bonds is 1. The predicted octanol–water partition coefficient (Wildman–Crippen LogP) is 2.15. The van der Waals surface area contributed by atoms with Crippen LogP contribution < -0.4 is 0 Å². The smallest absolute Gasteiger partial charge is 0.236 e. The second-order valence-electron chi connectivity index (χ2n) is 3.12. The molecule has 6 heteroatoms. The third-order valence-electron chi connectivity index (χ3n) is 1.97. The average Bonchev–Trinajstić information content (AvgIpc) is 2.47. The zero-order chi connectivity index (χ0) is 11.2. The van der Waals surface area contributed by atoms with E-state index in [1.54, 1.807) is 0 Å². The summed E-state index contributed by atoms with van der Waals surface area (Å²) in [7, 11) is -3.37. The van der Waals surface area contributed by atoms with E-state index >= 15 is 0 Å². The molecule has 0 saturated heterocycles. The van der Waals surface area contributed by atoms with Gasteiger partial charge in [-0.3, -0.25) is 0 Å². The van der Waals surface area contributed by atoms with E-state index < -0.39 is 15.8 Å². The van der Waals surface area contributed by atoms with Gasteiger partial charge in [-0.05, 0) is 28.1 Å². The molecule has 0 saturated carbocycles. The SMILES string of the molecule is CS(=O)(=O)n1c[c]c2cc(F)c(Br)cc21. The Morgan fingerprint density at radius 1 is 1.47 bits per heavy atom. The maximum absolute atomic E-state index is 13.1. The second kappa shape index (κ2) is 3.31. The van der Waals surface area contributed by atoms with Gasteiger partial charge in [0.05, 0.1) is 16.2 Å². The number of fused-ring (bicyclic) bond motifs is 1. The van der Waals surface area contributed by atoms with Gasteiger partial charge in [0.15, 0.2) is 0 Å². The van der Waals surface area contributed by atoms with Crippen molar-refractivity contribution in [2.45, 2.75) is 0 Å². The molecule has 1 radical (unpaired) electrons. The maximum Gasteiger partial charge on any atom is 0.236 e. The van der Waals surface area contributed by atoms with Crippen molar-refractivity contribution in [3.63, 3.8) is 0 Å². The Kier molecular flexibility index (Phi) is 2.35. The summed E-state index contributed by atoms with van der Waals surface area (Å²) in [5.74, 6) is -0.440. The lowest BCUT2D eigenvalue weighted by molar-refractivity contribution is 0.595. The van der Waals surface area contributed by atoms with E-state index in [9.17, 15) is 12.8 Å². The average molecular weight is 291 g/mol. The number of halogens is 2. The van der Waals surface area contributed by atoms with E-state index in [1.807, 2.05) is 0 Å². The van der Waals surface area contributed by atoms with Crippen molar-refractivity contribution in [1.29, 1.82) is 0 Å². The molecule has 2 rings (SSSR count). The van der Waals surface area contributed by atoms with Gasteiger partial charge in [-0.15, -0.1) is 0 Å². The summed E-state index contributed by atoms with van der Waals surface area (Å²) in [4.78, 5) is 0. The standard InChI is InChI=1S/C9H6BrFNO2S/c1-15(13,14)12-3-2-6-4-8(11)7(10)5-9(6)12/h3-5H,1H3. The maximum atomic E-state index is 13.1. The van der Waals surface area contributed by atoms with Crippen LogP contribution in [-0.4, -0.2) is 18.6 Å². The van der Waals surface area contributed by atoms with Crippen LogP contribution in [0.15, 0.2) is 22.8 Å². The first-order valence-electron chi connectivity index (χ1n) is 3.98. The monoisotopic (exact) mass is 290 g/mol. The molecule has 0 aliphatic rings. The molecule has 0 fully saturated rings. The number of aromatic nitrogens is 1. The van der Waals surface area contributed by atoms with Crippen molar-refractivity contribution in [1.82, 2.24) is 3.97 Å². The topological polar surface area (TPSA) is 39.1 Å². The fraction of sp³-hybridized carbons (Fsp3) is 0.111. The molecule has 0 bridgehead atoms. The second-order valence-corrected chi connectivity index (χ2v) is 5.83. The molecule has 3 nitrogen and oxygen atoms in total. The minimum atomic E-state index is -3.37. The number of hydrogen-bond donors (Lipinski definition) is 0. The molecule has 2 aromatic rings. The molecule has 0 aliphatic heterocycles. The first-order chi connectivity index (χ1) is 6.89. The Morgan fingerprint density at radius 2 is 2.13 bits per heavy atom. The van der Waals surface area contributed by atoms with Gasteiger partial charge in [0.2, 0.25) is 10.0 Å². The first kappa shape index (κ1) is 10.6. The van der Waals surface area contributed by atoms with Gasteiger partial charge < -0.3 is 0 Å². The molecule has 0 N–H and O–H groups in total. The molecule has 1 aromatic carbocycles. The highest BCUT2D eigenvalue weighted by atomic mass is 79.9. The van der Waals surface area contributed by atoms with Crippen LogP contribution in [0.4, 0.5) is 4.39 Å². The van der Waals surface area contributed by atoms with Gasteiger partial charge in [-0.25, -0.2) is 16.8 Å². The number of nitrogens with zero attached hydrogens (tertiary/aromatic N) is 1. The van der Waals surface area contributed by atoms with Crippen LogP contribution in [0.25, 0.3) is 10.9 Å². The van der Waals surface area contributed by atoms with E-state index in [-0.39, 0.29) is 4.47 Å². The molecule has 79 valence electrons. The zero-order valence-corrected chi connectivity index (χ0v) is 10.1. The van der Waals surface area contributed by atoms with E-state index in [1.165, 1.54) is 18.3 Å². The fourth-order valence-electron chi connectivity index (χ4n) is 1.31. The Bertz CT molecular complexity index is 633. The zero-order valence-electron chi connectivity index (χ0n) is 7.66. The van der Waals surface area contributed by atoms with Crippen molar-refractivity contribution in [3.8, 4) is 0 Å². The summed E-state index contributed by atoms with van der Waals surface area (Å²) in [6, 6.07) is 5.34. The Balaban J connectivity index is 2.87. The van der Waals surface area contributed by atoms with E-state index in [0.29, 0.717) is 10.9 Å². The van der Waals surface area contributed by atoms with Crippen LogP contribution in [0.5, 0.6) is 0 Å². The summed E-state index contributed by atoms with van der Waals surface area (Å²) in [5, 5.41) is 0.432. The van der Waals surface area contributed by atoms with E-state index in [0.717, 1.165) is 10.2 Å². The Morgan fingerprint density at radius 3 is 2.73 bits per heavy atom. The van der Waals surface area contributed by atoms with Crippen molar-refractivity contribution in [3.05, 3.63) is 34.7 Å². The summed E-state index contributed by atoms with van der Waals surface area (Å²) in [6.45, 7) is 0. The van der Waals surface area contributed by atoms with Crippen molar-refractivity contribution >= 4 is 36.9 Å². The number of hydrogen-bond acceptors (Lipinski definition) is 2. The molecule has 0 unspecified atom stereocenters. The Hall–Kier alpha value is -0.880. The molecule has 15 heavy (non-hydrogen) atoms. The highest BCUT2D eigenvalue weighted by Gasteiger charge is 2.12. The van der Waals surface area contributed by atoms with E-state index in [2.05, 4.69) is 22.0 Å². The first-order valence-corrected chi connectivity index (χ1v) is 6.62. The summed E-state index contributed by atoms with van der Waals surface area (Å²) >= 11 is 3.00. The molecule has 0 amide bonds. The van der Waals surface area contributed by atoms with Crippen LogP contribution in [0.2, 0.25) is 0 Å². The molecule has 1 heterocycles. The van der Waals surface area contributed by atoms with Crippen molar-refractivity contribution in [2.75, 3.05) is 6.26 Å². The van der Waals surface area contributed by atoms with E-state index in [4.69, 9.17) is 0 Å². The largest absolute Gasteiger partial charge is 0.245 e. The van der Waals surface area contributed by atoms with Crippen LogP contribution in [0, 0.1) is 11.9 Å². The van der Waals surface area contributed by atoms with Gasteiger partial charge in [0, 0.05) is 17.6 Å². The lowest BCUT2D eigenvalue weighted by atomic mass is 10.2. The summed E-state index contributed by atoms with van der Waals surface area (Å²) in [5.41, 5.74) is 0.408. The molecule has 0 spiro atoms. The lowest BCUT2D eigenvalue weighted by Crippen LogP contribution is -2.08. The normalized spacial score (nSPS) is 12.2. The minimum Gasteiger partial charge on any atom is -0.245 e. The third kappa shape index (κ3) is 1.79. The summed E-state index contributed by atoms with van der Waals surface area (Å²) < 4.78 is 37.1. The minimum absolute atomic E-state index is 0.229. The third-order valence-corrected chi connectivity index (χ3v) is 3.60. The Labute approximate surface area is 94.7 Å². The van der Waals surface area contributed by atoms with Crippen molar-refractivity contribution < 1.29 is 12.8 Å².